The average molecular weight is 297 g/mol. The second-order valence-corrected chi connectivity index (χ2v) is 6.04. The first-order valence-corrected chi connectivity index (χ1v) is 7.88. The van der Waals surface area contributed by atoms with Crippen LogP contribution in [-0.4, -0.2) is 23.8 Å². The van der Waals surface area contributed by atoms with E-state index in [0.717, 1.165) is 16.3 Å². The summed E-state index contributed by atoms with van der Waals surface area (Å²) >= 11 is 3.25. The van der Waals surface area contributed by atoms with Gasteiger partial charge in [0.25, 0.3) is 0 Å². The van der Waals surface area contributed by atoms with Crippen LogP contribution in [0.3, 0.4) is 0 Å². The van der Waals surface area contributed by atoms with Gasteiger partial charge in [0.15, 0.2) is 0 Å². The summed E-state index contributed by atoms with van der Waals surface area (Å²) in [6.45, 7) is 1.86. The molecule has 2 heterocycles. The molecule has 19 heavy (non-hydrogen) atoms. The highest BCUT2D eigenvalue weighted by Gasteiger charge is 2.13. The number of hydrogen-bond acceptors (Lipinski definition) is 6. The molecule has 0 aliphatic rings. The van der Waals surface area contributed by atoms with Crippen molar-refractivity contribution in [2.75, 3.05) is 12.9 Å². The van der Waals surface area contributed by atoms with Crippen molar-refractivity contribution in [3.05, 3.63) is 29.5 Å². The summed E-state index contributed by atoms with van der Waals surface area (Å²) in [6.07, 6.45) is 1.67. The number of rotatable bonds is 6. The van der Waals surface area contributed by atoms with Gasteiger partial charge in [0.1, 0.15) is 6.26 Å². The predicted octanol–water partition coefficient (Wildman–Crippen LogP) is 3.45. The van der Waals surface area contributed by atoms with Gasteiger partial charge in [-0.05, 0) is 11.4 Å². The zero-order chi connectivity index (χ0) is 13.7. The number of thiophene rings is 1. The Bertz CT molecular complexity index is 522. The molecule has 4 nitrogen and oxygen atoms in total. The van der Waals surface area contributed by atoms with Crippen molar-refractivity contribution < 1.29 is 13.9 Å². The molecule has 0 aliphatic heterocycles. The third-order valence-electron chi connectivity index (χ3n) is 2.51. The van der Waals surface area contributed by atoms with Crippen LogP contribution in [0.15, 0.2) is 28.2 Å². The number of carbonyl (C=O) groups excluding carboxylic acids is 1. The molecule has 0 aliphatic carbocycles. The molecule has 0 saturated heterocycles. The first-order chi connectivity index (χ1) is 9.20. The Morgan fingerprint density at radius 2 is 2.47 bits per heavy atom. The summed E-state index contributed by atoms with van der Waals surface area (Å²) in [5, 5.41) is 1.99. The van der Waals surface area contributed by atoms with Crippen molar-refractivity contribution in [1.82, 2.24) is 4.98 Å². The van der Waals surface area contributed by atoms with Gasteiger partial charge in [0, 0.05) is 11.5 Å². The zero-order valence-electron chi connectivity index (χ0n) is 10.8. The van der Waals surface area contributed by atoms with Crippen molar-refractivity contribution in [2.24, 2.45) is 5.92 Å². The van der Waals surface area contributed by atoms with Gasteiger partial charge in [-0.3, -0.25) is 4.79 Å². The van der Waals surface area contributed by atoms with Crippen LogP contribution in [0.25, 0.3) is 10.8 Å². The lowest BCUT2D eigenvalue weighted by molar-refractivity contribution is -0.143. The van der Waals surface area contributed by atoms with Gasteiger partial charge in [0.05, 0.1) is 23.6 Å². The Morgan fingerprint density at radius 1 is 1.63 bits per heavy atom. The van der Waals surface area contributed by atoms with Crippen LogP contribution in [0.4, 0.5) is 0 Å². The van der Waals surface area contributed by atoms with Crippen molar-refractivity contribution in [3.8, 4) is 10.8 Å². The van der Waals surface area contributed by atoms with Gasteiger partial charge in [0.2, 0.25) is 5.89 Å². The Morgan fingerprint density at radius 3 is 3.16 bits per heavy atom. The topological polar surface area (TPSA) is 52.3 Å². The predicted molar refractivity (Wildman–Crippen MR) is 77.2 cm³/mol. The van der Waals surface area contributed by atoms with Crippen molar-refractivity contribution in [3.63, 3.8) is 0 Å². The maximum absolute atomic E-state index is 11.2. The van der Waals surface area contributed by atoms with Gasteiger partial charge in [-0.2, -0.15) is 11.8 Å². The van der Waals surface area contributed by atoms with E-state index in [1.165, 1.54) is 7.11 Å². The molecule has 0 N–H and O–H groups in total. The van der Waals surface area contributed by atoms with Crippen LogP contribution < -0.4 is 0 Å². The van der Waals surface area contributed by atoms with Crippen LogP contribution >= 0.6 is 23.1 Å². The number of aromatic nitrogens is 1. The monoisotopic (exact) mass is 297 g/mol. The van der Waals surface area contributed by atoms with Gasteiger partial charge in [-0.25, -0.2) is 4.98 Å². The third kappa shape index (κ3) is 3.84. The van der Waals surface area contributed by atoms with E-state index in [9.17, 15) is 4.79 Å². The highest BCUT2D eigenvalue weighted by Crippen LogP contribution is 2.25. The molecule has 0 radical (unpaired) electrons. The summed E-state index contributed by atoms with van der Waals surface area (Å²) in [4.78, 5) is 16.7. The van der Waals surface area contributed by atoms with Crippen molar-refractivity contribution in [2.45, 2.75) is 12.7 Å². The fourth-order valence-electron chi connectivity index (χ4n) is 1.50. The lowest BCUT2D eigenvalue weighted by Crippen LogP contribution is -2.14. The van der Waals surface area contributed by atoms with E-state index in [-0.39, 0.29) is 11.9 Å². The lowest BCUT2D eigenvalue weighted by Gasteiger charge is -2.07. The number of methoxy groups -OCH3 is 1. The molecule has 6 heteroatoms. The van der Waals surface area contributed by atoms with Crippen LogP contribution in [0.2, 0.25) is 0 Å². The van der Waals surface area contributed by atoms with E-state index < -0.39 is 0 Å². The molecule has 0 fully saturated rings. The molecule has 0 amide bonds. The van der Waals surface area contributed by atoms with E-state index in [0.29, 0.717) is 11.6 Å². The van der Waals surface area contributed by atoms with E-state index in [1.54, 1.807) is 29.4 Å². The van der Waals surface area contributed by atoms with E-state index in [4.69, 9.17) is 4.42 Å². The summed E-state index contributed by atoms with van der Waals surface area (Å²) in [7, 11) is 1.41. The van der Waals surface area contributed by atoms with E-state index in [2.05, 4.69) is 9.72 Å². The molecule has 0 bridgehead atoms. The van der Waals surface area contributed by atoms with Gasteiger partial charge in [-0.15, -0.1) is 11.3 Å². The molecule has 0 aromatic carbocycles. The minimum Gasteiger partial charge on any atom is -0.469 e. The highest BCUT2D eigenvalue weighted by atomic mass is 32.2. The van der Waals surface area contributed by atoms with Crippen LogP contribution in [0.1, 0.15) is 12.6 Å². The fraction of sp³-hybridized carbons (Fsp3) is 0.385. The number of thioether (sulfide) groups is 1. The smallest absolute Gasteiger partial charge is 0.309 e. The number of nitrogens with zero attached hydrogens (tertiary/aromatic N) is 1. The molecular formula is C13H15NO3S2. The lowest BCUT2D eigenvalue weighted by atomic mass is 10.2. The Labute approximate surface area is 120 Å². The highest BCUT2D eigenvalue weighted by molar-refractivity contribution is 7.98. The number of ether oxygens (including phenoxy) is 1. The fourth-order valence-corrected chi connectivity index (χ4v) is 3.10. The molecule has 1 atom stereocenters. The summed E-state index contributed by atoms with van der Waals surface area (Å²) in [5.41, 5.74) is 0.894. The Kier molecular flexibility index (Phi) is 5.04. The standard InChI is InChI=1S/C13H15NO3S2/c1-9(13(15)16-2)7-18-8-10-6-17-12(14-10)11-4-3-5-19-11/h3-6,9H,7-8H2,1-2H3/t9-/m1/s1. The van der Waals surface area contributed by atoms with Crippen LogP contribution in [-0.2, 0) is 15.3 Å². The second kappa shape index (κ2) is 6.77. The summed E-state index contributed by atoms with van der Waals surface area (Å²) in [6, 6.07) is 3.95. The minimum atomic E-state index is -0.174. The molecule has 0 unspecified atom stereocenters. The first kappa shape index (κ1) is 14.1. The summed E-state index contributed by atoms with van der Waals surface area (Å²) < 4.78 is 10.1. The molecule has 2 aromatic heterocycles. The van der Waals surface area contributed by atoms with Crippen LogP contribution in [0, 0.1) is 5.92 Å². The SMILES string of the molecule is COC(=O)[C@H](C)CSCc1coc(-c2cccs2)n1. The van der Waals surface area contributed by atoms with E-state index in [1.807, 2.05) is 24.4 Å². The van der Waals surface area contributed by atoms with Crippen molar-refractivity contribution in [1.29, 1.82) is 0 Å². The normalized spacial score (nSPS) is 12.3. The molecule has 2 rings (SSSR count). The quantitative estimate of drug-likeness (QED) is 0.764. The maximum atomic E-state index is 11.2. The molecule has 0 spiro atoms. The molecular weight excluding hydrogens is 282 g/mol. The van der Waals surface area contributed by atoms with Crippen molar-refractivity contribution >= 4 is 29.1 Å². The van der Waals surface area contributed by atoms with Gasteiger partial charge < -0.3 is 9.15 Å². The van der Waals surface area contributed by atoms with Gasteiger partial charge >= 0.3 is 5.97 Å². The third-order valence-corrected chi connectivity index (χ3v) is 4.60. The first-order valence-electron chi connectivity index (χ1n) is 5.84. The average Bonchev–Trinajstić information content (AvgIpc) is 3.07. The Balaban J connectivity index is 1.83. The zero-order valence-corrected chi connectivity index (χ0v) is 12.4. The number of carbonyl (C=O) groups is 1. The molecule has 2 aromatic rings. The number of oxazole rings is 1. The van der Waals surface area contributed by atoms with Crippen LogP contribution in [0.5, 0.6) is 0 Å². The number of hydrogen-bond donors (Lipinski definition) is 0. The van der Waals surface area contributed by atoms with E-state index >= 15 is 0 Å². The largest absolute Gasteiger partial charge is 0.469 e. The minimum absolute atomic E-state index is 0.0985. The second-order valence-electron chi connectivity index (χ2n) is 4.06. The van der Waals surface area contributed by atoms with Gasteiger partial charge in [-0.1, -0.05) is 13.0 Å². The molecule has 0 saturated carbocycles. The number of esters is 1. The molecule has 102 valence electrons. The maximum Gasteiger partial charge on any atom is 0.309 e. The summed E-state index contributed by atoms with van der Waals surface area (Å²) in [5.74, 6) is 1.83. The Hall–Kier alpha value is -1.27.